The second-order valence-electron chi connectivity index (χ2n) is 4.16. The first-order valence-electron chi connectivity index (χ1n) is 4.62. The lowest BCUT2D eigenvalue weighted by Crippen LogP contribution is -2.48. The van der Waals surface area contributed by atoms with E-state index in [0.717, 1.165) is 0 Å². The lowest BCUT2D eigenvalue weighted by atomic mass is 9.88. The predicted octanol–water partition coefficient (Wildman–Crippen LogP) is 1.31. The van der Waals surface area contributed by atoms with Crippen molar-refractivity contribution >= 4 is 0 Å². The van der Waals surface area contributed by atoms with Gasteiger partial charge in [-0.05, 0) is 0 Å². The van der Waals surface area contributed by atoms with Crippen molar-refractivity contribution in [3.8, 4) is 6.07 Å². The minimum Gasteiger partial charge on any atom is -0.380 e. The van der Waals surface area contributed by atoms with Gasteiger partial charge in [0.15, 0.2) is 5.92 Å². The van der Waals surface area contributed by atoms with Gasteiger partial charge in [-0.1, -0.05) is 6.92 Å². The number of hydrogen-bond acceptors (Lipinski definition) is 3. The van der Waals surface area contributed by atoms with Crippen LogP contribution in [0, 0.1) is 22.7 Å². The van der Waals surface area contributed by atoms with Gasteiger partial charge in [-0.2, -0.15) is 18.4 Å². The highest BCUT2D eigenvalue weighted by Crippen LogP contribution is 2.27. The van der Waals surface area contributed by atoms with Crippen molar-refractivity contribution in [1.82, 2.24) is 5.32 Å². The van der Waals surface area contributed by atoms with Crippen LogP contribution in [0.3, 0.4) is 0 Å². The zero-order valence-corrected chi connectivity index (χ0v) is 8.40. The largest absolute Gasteiger partial charge is 0.405 e. The smallest absolute Gasteiger partial charge is 0.380 e. The molecule has 3 nitrogen and oxygen atoms in total. The fraction of sp³-hybridized carbons (Fsp3) is 0.889. The van der Waals surface area contributed by atoms with Crippen molar-refractivity contribution in [2.75, 3.05) is 26.3 Å². The van der Waals surface area contributed by atoms with E-state index in [1.54, 1.807) is 0 Å². The molecule has 86 valence electrons. The molecule has 1 heterocycles. The first kappa shape index (κ1) is 12.3. The first-order valence-corrected chi connectivity index (χ1v) is 4.62. The number of ether oxygens (including phenoxy) is 1. The summed E-state index contributed by atoms with van der Waals surface area (Å²) in [5.74, 6) is -1.93. The third-order valence-electron chi connectivity index (χ3n) is 2.35. The molecule has 1 aliphatic rings. The third-order valence-corrected chi connectivity index (χ3v) is 2.35. The molecule has 0 aromatic rings. The summed E-state index contributed by atoms with van der Waals surface area (Å²) in [6, 6.07) is 1.25. The summed E-state index contributed by atoms with van der Waals surface area (Å²) in [7, 11) is 0. The summed E-state index contributed by atoms with van der Waals surface area (Å²) in [6.45, 7) is 3.14. The van der Waals surface area contributed by atoms with Gasteiger partial charge in [-0.25, -0.2) is 0 Å². The number of halogens is 3. The van der Waals surface area contributed by atoms with Gasteiger partial charge in [0.1, 0.15) is 0 Å². The van der Waals surface area contributed by atoms with Crippen LogP contribution in [0.15, 0.2) is 0 Å². The van der Waals surface area contributed by atoms with Gasteiger partial charge in [0.05, 0.1) is 19.3 Å². The molecular weight excluding hydrogens is 209 g/mol. The maximum atomic E-state index is 12.1. The van der Waals surface area contributed by atoms with E-state index in [4.69, 9.17) is 10.00 Å². The van der Waals surface area contributed by atoms with Crippen LogP contribution in [0.5, 0.6) is 0 Å². The number of nitrogens with zero attached hydrogens (tertiary/aromatic N) is 1. The number of nitriles is 1. The van der Waals surface area contributed by atoms with Crippen molar-refractivity contribution in [3.05, 3.63) is 0 Å². The standard InChI is InChI=1S/C9H13F3N2O/c1-8(5-15-6-8)4-14-3-7(2-13)9(10,11)12/h7,14H,3-6H2,1H3. The molecule has 0 aromatic carbocycles. The molecule has 6 heteroatoms. The van der Waals surface area contributed by atoms with E-state index >= 15 is 0 Å². The molecule has 0 amide bonds. The van der Waals surface area contributed by atoms with Gasteiger partial charge in [0.25, 0.3) is 0 Å². The maximum Gasteiger partial charge on any atom is 0.405 e. The molecular formula is C9H13F3N2O. The average Bonchev–Trinajstić information content (AvgIpc) is 2.07. The molecule has 1 fully saturated rings. The van der Waals surface area contributed by atoms with Crippen molar-refractivity contribution in [1.29, 1.82) is 5.26 Å². The molecule has 0 spiro atoms. The highest BCUT2D eigenvalue weighted by atomic mass is 19.4. The minimum atomic E-state index is -4.45. The molecule has 1 aliphatic heterocycles. The normalized spacial score (nSPS) is 21.5. The Balaban J connectivity index is 2.27. The van der Waals surface area contributed by atoms with E-state index in [9.17, 15) is 13.2 Å². The Morgan fingerprint density at radius 1 is 1.53 bits per heavy atom. The summed E-state index contributed by atoms with van der Waals surface area (Å²) in [6.07, 6.45) is -4.45. The zero-order valence-electron chi connectivity index (χ0n) is 8.40. The molecule has 0 bridgehead atoms. The Hall–Kier alpha value is -0.800. The van der Waals surface area contributed by atoms with Crippen LogP contribution in [-0.2, 0) is 4.74 Å². The number of rotatable bonds is 4. The Labute approximate surface area is 86.2 Å². The Kier molecular flexibility index (Phi) is 3.58. The van der Waals surface area contributed by atoms with E-state index in [2.05, 4.69) is 5.32 Å². The van der Waals surface area contributed by atoms with Crippen LogP contribution in [-0.4, -0.2) is 32.5 Å². The monoisotopic (exact) mass is 222 g/mol. The molecule has 0 aliphatic carbocycles. The number of alkyl halides is 3. The van der Waals surface area contributed by atoms with Crippen LogP contribution >= 0.6 is 0 Å². The number of nitrogens with one attached hydrogen (secondary N) is 1. The van der Waals surface area contributed by atoms with Gasteiger partial charge < -0.3 is 10.1 Å². The van der Waals surface area contributed by atoms with Gasteiger partial charge in [-0.3, -0.25) is 0 Å². The van der Waals surface area contributed by atoms with Crippen LogP contribution in [0.4, 0.5) is 13.2 Å². The summed E-state index contributed by atoms with van der Waals surface area (Å²) in [4.78, 5) is 0. The van der Waals surface area contributed by atoms with Crippen molar-refractivity contribution < 1.29 is 17.9 Å². The van der Waals surface area contributed by atoms with E-state index in [-0.39, 0.29) is 12.0 Å². The molecule has 0 radical (unpaired) electrons. The van der Waals surface area contributed by atoms with Crippen LogP contribution in [0.25, 0.3) is 0 Å². The quantitative estimate of drug-likeness (QED) is 0.780. The molecule has 15 heavy (non-hydrogen) atoms. The second-order valence-corrected chi connectivity index (χ2v) is 4.16. The lowest BCUT2D eigenvalue weighted by Gasteiger charge is -2.38. The van der Waals surface area contributed by atoms with Gasteiger partial charge in [-0.15, -0.1) is 0 Å². The Morgan fingerprint density at radius 3 is 2.47 bits per heavy atom. The van der Waals surface area contributed by atoms with Crippen molar-refractivity contribution in [2.45, 2.75) is 13.1 Å². The van der Waals surface area contributed by atoms with Crippen molar-refractivity contribution in [2.24, 2.45) is 11.3 Å². The van der Waals surface area contributed by atoms with Gasteiger partial charge in [0.2, 0.25) is 0 Å². The second kappa shape index (κ2) is 4.37. The Bertz CT molecular complexity index is 255. The topological polar surface area (TPSA) is 45.0 Å². The minimum absolute atomic E-state index is 0.0778. The summed E-state index contributed by atoms with van der Waals surface area (Å²) in [5, 5.41) is 11.0. The van der Waals surface area contributed by atoms with E-state index in [1.165, 1.54) is 6.07 Å². The summed E-state index contributed by atoms with van der Waals surface area (Å²) < 4.78 is 41.4. The van der Waals surface area contributed by atoms with E-state index in [0.29, 0.717) is 19.8 Å². The molecule has 1 atom stereocenters. The molecule has 0 aromatic heterocycles. The Morgan fingerprint density at radius 2 is 2.13 bits per heavy atom. The van der Waals surface area contributed by atoms with E-state index in [1.807, 2.05) is 6.92 Å². The highest BCUT2D eigenvalue weighted by Gasteiger charge is 2.40. The fourth-order valence-corrected chi connectivity index (χ4v) is 1.31. The zero-order chi connectivity index (χ0) is 11.5. The van der Waals surface area contributed by atoms with Crippen LogP contribution in [0.2, 0.25) is 0 Å². The highest BCUT2D eigenvalue weighted by molar-refractivity contribution is 4.91. The van der Waals surface area contributed by atoms with Crippen molar-refractivity contribution in [3.63, 3.8) is 0 Å². The SMILES string of the molecule is CC1(CNCC(C#N)C(F)(F)F)COC1. The summed E-state index contributed by atoms with van der Waals surface area (Å²) >= 11 is 0. The first-order chi connectivity index (χ1) is 6.87. The molecule has 1 saturated heterocycles. The molecule has 1 N–H and O–H groups in total. The lowest BCUT2D eigenvalue weighted by molar-refractivity contribution is -0.159. The molecule has 1 rings (SSSR count). The average molecular weight is 222 g/mol. The maximum absolute atomic E-state index is 12.1. The predicted molar refractivity (Wildman–Crippen MR) is 47.0 cm³/mol. The van der Waals surface area contributed by atoms with Crippen LogP contribution in [0.1, 0.15) is 6.92 Å². The number of hydrogen-bond donors (Lipinski definition) is 1. The van der Waals surface area contributed by atoms with Gasteiger partial charge in [0, 0.05) is 18.5 Å². The van der Waals surface area contributed by atoms with Gasteiger partial charge >= 0.3 is 6.18 Å². The molecule has 0 saturated carbocycles. The van der Waals surface area contributed by atoms with Crippen LogP contribution < -0.4 is 5.32 Å². The molecule has 1 unspecified atom stereocenters. The van der Waals surface area contributed by atoms with E-state index < -0.39 is 12.1 Å². The third kappa shape index (κ3) is 3.36. The fourth-order valence-electron chi connectivity index (χ4n) is 1.31. The summed E-state index contributed by atoms with van der Waals surface area (Å²) in [5.41, 5.74) is -0.0778.